The van der Waals surface area contributed by atoms with Crippen LogP contribution >= 0.6 is 0 Å². The summed E-state index contributed by atoms with van der Waals surface area (Å²) in [6, 6.07) is 9.02. The molecule has 160 valence electrons. The molecule has 8 heteroatoms. The van der Waals surface area contributed by atoms with Crippen molar-refractivity contribution in [2.75, 3.05) is 11.9 Å². The first-order valence-corrected chi connectivity index (χ1v) is 10.1. The number of allylic oxidation sites excluding steroid dienone is 4. The molecule has 2 unspecified atom stereocenters. The monoisotopic (exact) mass is 427 g/mol. The number of fused-ring (bicyclic) bond motifs is 3. The fraction of sp³-hybridized carbons (Fsp3) is 0.304. The summed E-state index contributed by atoms with van der Waals surface area (Å²) in [7, 11) is 0. The fourth-order valence-electron chi connectivity index (χ4n) is 4.47. The van der Waals surface area contributed by atoms with Gasteiger partial charge in [0.1, 0.15) is 23.6 Å². The van der Waals surface area contributed by atoms with E-state index in [0.29, 0.717) is 12.2 Å². The highest BCUT2D eigenvalue weighted by Gasteiger charge is 2.62. The van der Waals surface area contributed by atoms with Gasteiger partial charge < -0.3 is 10.1 Å². The van der Waals surface area contributed by atoms with Crippen LogP contribution in [0.2, 0.25) is 0 Å². The van der Waals surface area contributed by atoms with Crippen LogP contribution in [-0.4, -0.2) is 29.8 Å². The molecule has 3 aliphatic rings. The summed E-state index contributed by atoms with van der Waals surface area (Å²) in [5, 5.41) is 5.50. The van der Waals surface area contributed by atoms with Crippen molar-refractivity contribution in [2.45, 2.75) is 18.6 Å². The highest BCUT2D eigenvalue weighted by molar-refractivity contribution is 5.88. The van der Waals surface area contributed by atoms with E-state index in [1.54, 1.807) is 24.4 Å². The molecular weight excluding hydrogens is 407 g/mol. The smallest absolute Gasteiger partial charge is 0.320 e. The van der Waals surface area contributed by atoms with Crippen molar-refractivity contribution < 1.29 is 22.7 Å². The Morgan fingerprint density at radius 3 is 2.65 bits per heavy atom. The molecule has 1 aliphatic heterocycles. The molecular formula is C23H20F3N3O2. The summed E-state index contributed by atoms with van der Waals surface area (Å²) in [5.41, 5.74) is 1.87. The minimum absolute atomic E-state index is 0.0388. The van der Waals surface area contributed by atoms with Crippen LogP contribution in [-0.2, 0) is 11.2 Å². The molecule has 0 bridgehead atoms. The van der Waals surface area contributed by atoms with Crippen molar-refractivity contribution in [1.29, 1.82) is 0 Å². The van der Waals surface area contributed by atoms with Gasteiger partial charge in [-0.1, -0.05) is 18.2 Å². The third kappa shape index (κ3) is 3.89. The largest absolute Gasteiger partial charge is 0.494 e. The van der Waals surface area contributed by atoms with Crippen molar-refractivity contribution >= 4 is 11.8 Å². The zero-order valence-corrected chi connectivity index (χ0v) is 16.4. The molecule has 2 fully saturated rings. The quantitative estimate of drug-likeness (QED) is 0.766. The second-order valence-electron chi connectivity index (χ2n) is 8.07. The van der Waals surface area contributed by atoms with Crippen LogP contribution < -0.4 is 10.6 Å². The number of pyridine rings is 1. The Kier molecular flexibility index (Phi) is 4.92. The van der Waals surface area contributed by atoms with Gasteiger partial charge in [0, 0.05) is 24.1 Å². The minimum Gasteiger partial charge on any atom is -0.494 e. The number of carbonyl (C=O) groups is 1. The topological polar surface area (TPSA) is 63.2 Å². The molecule has 2 heterocycles. The molecule has 1 saturated heterocycles. The molecule has 2 aliphatic carbocycles. The van der Waals surface area contributed by atoms with E-state index < -0.39 is 23.9 Å². The summed E-state index contributed by atoms with van der Waals surface area (Å²) in [5.74, 6) is -1.33. The Morgan fingerprint density at radius 2 is 1.90 bits per heavy atom. The number of hydrogen-bond acceptors (Lipinski definition) is 3. The fourth-order valence-corrected chi connectivity index (χ4v) is 4.47. The Balaban J connectivity index is 1.17. The van der Waals surface area contributed by atoms with Gasteiger partial charge in [0.05, 0.1) is 12.5 Å². The van der Waals surface area contributed by atoms with Crippen molar-refractivity contribution in [3.8, 4) is 0 Å². The lowest BCUT2D eigenvalue weighted by molar-refractivity contribution is 0.0800. The Hall–Kier alpha value is -3.29. The number of aromatic nitrogens is 1. The summed E-state index contributed by atoms with van der Waals surface area (Å²) in [6.45, 7) is 0.256. The lowest BCUT2D eigenvalue weighted by atomic mass is 9.88. The number of benzene rings is 1. The van der Waals surface area contributed by atoms with E-state index in [4.69, 9.17) is 4.74 Å². The SMILES string of the molecule is O=C(Nc1ccc(Cc2ccc(F)cc2)cn1)N[C@@H]1[C@@H]2COC3=C(F)C=CC(F)C3[C@@H]21. The van der Waals surface area contributed by atoms with Crippen LogP contribution in [0.3, 0.4) is 0 Å². The van der Waals surface area contributed by atoms with Crippen molar-refractivity contribution in [1.82, 2.24) is 10.3 Å². The Bertz CT molecular complexity index is 1050. The molecule has 2 N–H and O–H groups in total. The maximum absolute atomic E-state index is 14.3. The van der Waals surface area contributed by atoms with Gasteiger partial charge >= 0.3 is 6.03 Å². The van der Waals surface area contributed by atoms with E-state index >= 15 is 0 Å². The first-order chi connectivity index (χ1) is 15.0. The number of nitrogens with one attached hydrogen (secondary N) is 2. The average molecular weight is 427 g/mol. The summed E-state index contributed by atoms with van der Waals surface area (Å²) in [4.78, 5) is 16.6. The second kappa shape index (κ2) is 7.76. The number of halogens is 3. The molecule has 5 rings (SSSR count). The number of hydrogen-bond donors (Lipinski definition) is 2. The van der Waals surface area contributed by atoms with Crippen LogP contribution in [0, 0.1) is 23.6 Å². The van der Waals surface area contributed by atoms with Gasteiger partial charge in [-0.05, 0) is 47.9 Å². The number of amides is 2. The predicted molar refractivity (Wildman–Crippen MR) is 108 cm³/mol. The molecule has 1 aromatic heterocycles. The maximum atomic E-state index is 14.3. The van der Waals surface area contributed by atoms with E-state index in [1.165, 1.54) is 18.2 Å². The highest BCUT2D eigenvalue weighted by atomic mass is 19.1. The summed E-state index contributed by atoms with van der Waals surface area (Å²) < 4.78 is 46.7. The average Bonchev–Trinajstić information content (AvgIpc) is 3.46. The molecule has 1 aromatic carbocycles. The van der Waals surface area contributed by atoms with E-state index in [2.05, 4.69) is 15.6 Å². The Morgan fingerprint density at radius 1 is 1.13 bits per heavy atom. The lowest BCUT2D eigenvalue weighted by Gasteiger charge is -2.29. The standard InChI is InChI=1S/C23H20F3N3O2/c24-14-4-1-12(2-5-14)9-13-3-8-18(27-10-13)28-23(30)29-21-15-11-31-22-17(26)7-6-16(25)20(22)19(15)21/h1-8,10,15-16,19-21H,9,11H2,(H2,27,28,29,30)/t15-,16?,19-,20?,21-/m1/s1. The summed E-state index contributed by atoms with van der Waals surface area (Å²) >= 11 is 0. The normalized spacial score (nSPS) is 28.3. The first kappa shape index (κ1) is 19.7. The third-order valence-electron chi connectivity index (χ3n) is 6.07. The Labute approximate surface area is 177 Å². The van der Waals surface area contributed by atoms with Crippen LogP contribution in [0.25, 0.3) is 0 Å². The van der Waals surface area contributed by atoms with Gasteiger partial charge in [-0.2, -0.15) is 0 Å². The molecule has 1 saturated carbocycles. The number of urea groups is 1. The van der Waals surface area contributed by atoms with Crippen LogP contribution in [0.1, 0.15) is 11.1 Å². The van der Waals surface area contributed by atoms with E-state index in [-0.39, 0.29) is 36.1 Å². The maximum Gasteiger partial charge on any atom is 0.320 e. The van der Waals surface area contributed by atoms with E-state index in [9.17, 15) is 18.0 Å². The van der Waals surface area contributed by atoms with Gasteiger partial charge in [0.25, 0.3) is 0 Å². The van der Waals surface area contributed by atoms with Gasteiger partial charge in [-0.25, -0.2) is 22.9 Å². The molecule has 2 amide bonds. The second-order valence-corrected chi connectivity index (χ2v) is 8.07. The molecule has 2 aromatic rings. The lowest BCUT2D eigenvalue weighted by Crippen LogP contribution is -2.34. The van der Waals surface area contributed by atoms with Gasteiger partial charge in [0.2, 0.25) is 0 Å². The van der Waals surface area contributed by atoms with E-state index in [0.717, 1.165) is 17.2 Å². The number of carbonyl (C=O) groups excluding carboxylic acids is 1. The van der Waals surface area contributed by atoms with Crippen LogP contribution in [0.4, 0.5) is 23.8 Å². The number of rotatable bonds is 4. The molecule has 5 atom stereocenters. The van der Waals surface area contributed by atoms with Gasteiger partial charge in [-0.15, -0.1) is 0 Å². The number of anilines is 1. The van der Waals surface area contributed by atoms with Gasteiger partial charge in [-0.3, -0.25) is 5.32 Å². The van der Waals surface area contributed by atoms with Gasteiger partial charge in [0.15, 0.2) is 5.83 Å². The summed E-state index contributed by atoms with van der Waals surface area (Å²) in [6.07, 6.45) is 3.21. The van der Waals surface area contributed by atoms with Crippen LogP contribution in [0.5, 0.6) is 0 Å². The predicted octanol–water partition coefficient (Wildman–Crippen LogP) is 4.28. The number of ether oxygens (including phenoxy) is 1. The molecule has 5 nitrogen and oxygen atoms in total. The van der Waals surface area contributed by atoms with Crippen molar-refractivity contribution in [3.63, 3.8) is 0 Å². The third-order valence-corrected chi connectivity index (χ3v) is 6.07. The zero-order valence-electron chi connectivity index (χ0n) is 16.4. The molecule has 0 radical (unpaired) electrons. The van der Waals surface area contributed by atoms with Crippen LogP contribution in [0.15, 0.2) is 66.3 Å². The van der Waals surface area contributed by atoms with E-state index in [1.807, 2.05) is 6.07 Å². The van der Waals surface area contributed by atoms with Crippen molar-refractivity contribution in [2.24, 2.45) is 17.8 Å². The number of alkyl halides is 1. The molecule has 0 spiro atoms. The van der Waals surface area contributed by atoms with Crippen molar-refractivity contribution in [3.05, 3.63) is 83.3 Å². The first-order valence-electron chi connectivity index (χ1n) is 10.1. The minimum atomic E-state index is -1.33. The highest BCUT2D eigenvalue weighted by Crippen LogP contribution is 2.55. The molecule has 31 heavy (non-hydrogen) atoms. The zero-order chi connectivity index (χ0) is 21.5. The number of nitrogens with zero attached hydrogens (tertiary/aromatic N) is 1.